The Bertz CT molecular complexity index is 639. The van der Waals surface area contributed by atoms with E-state index in [4.69, 9.17) is 5.11 Å². The first-order valence-electron chi connectivity index (χ1n) is 4.88. The predicted octanol–water partition coefficient (Wildman–Crippen LogP) is 3.36. The molecule has 5 nitrogen and oxygen atoms in total. The van der Waals surface area contributed by atoms with Crippen LogP contribution in [0.15, 0.2) is 19.0 Å². The molecule has 0 spiro atoms. The molecule has 0 aliphatic rings. The van der Waals surface area contributed by atoms with Crippen molar-refractivity contribution in [3.05, 3.63) is 35.3 Å². The summed E-state index contributed by atoms with van der Waals surface area (Å²) in [5, 5.41) is 13.4. The van der Waals surface area contributed by atoms with E-state index in [-0.39, 0.29) is 18.1 Å². The van der Waals surface area contributed by atoms with E-state index in [1.54, 1.807) is 6.07 Å². The lowest BCUT2D eigenvalue weighted by atomic mass is 10.3. The van der Waals surface area contributed by atoms with E-state index >= 15 is 0 Å². The van der Waals surface area contributed by atoms with Gasteiger partial charge in [0.25, 0.3) is 5.91 Å². The van der Waals surface area contributed by atoms with Gasteiger partial charge in [0.1, 0.15) is 5.01 Å². The van der Waals surface area contributed by atoms with Gasteiger partial charge in [0.05, 0.1) is 19.7 Å². The van der Waals surface area contributed by atoms with Crippen LogP contribution in [0.2, 0.25) is 0 Å². The van der Waals surface area contributed by atoms with Crippen molar-refractivity contribution in [2.24, 2.45) is 0 Å². The maximum atomic E-state index is 11.9. The zero-order valence-corrected chi connectivity index (χ0v) is 14.0. The minimum absolute atomic E-state index is 0.00583. The second-order valence-corrected chi connectivity index (χ2v) is 8.04. The molecule has 2 aromatic rings. The first-order chi connectivity index (χ1) is 8.97. The number of carbonyl (C=O) groups is 2. The molecule has 0 atom stereocenters. The number of rotatable bonds is 4. The standard InChI is InChI=1S/C10H6Br2N2O3S2/c11-6-1-4(8(12)19-6)9(15)13-2-7-14-5(3-18-7)10(16)17/h1,3H,2H2,(H,13,15)(H,16,17). The van der Waals surface area contributed by atoms with E-state index in [0.29, 0.717) is 10.6 Å². The summed E-state index contributed by atoms with van der Waals surface area (Å²) in [6.45, 7) is 0.205. The molecule has 0 unspecified atom stereocenters. The molecule has 0 bridgehead atoms. The molecular formula is C10H6Br2N2O3S2. The van der Waals surface area contributed by atoms with E-state index < -0.39 is 5.97 Å². The number of thiazole rings is 1. The molecule has 0 saturated heterocycles. The quantitative estimate of drug-likeness (QED) is 0.786. The lowest BCUT2D eigenvalue weighted by molar-refractivity contribution is 0.0691. The van der Waals surface area contributed by atoms with E-state index in [1.807, 2.05) is 0 Å². The van der Waals surface area contributed by atoms with Crippen LogP contribution in [0.5, 0.6) is 0 Å². The molecular weight excluding hydrogens is 420 g/mol. The number of carboxylic acid groups (broad SMARTS) is 1. The first kappa shape index (κ1) is 14.6. The molecule has 0 saturated carbocycles. The molecule has 0 fully saturated rings. The van der Waals surface area contributed by atoms with Crippen LogP contribution in [0.4, 0.5) is 0 Å². The smallest absolute Gasteiger partial charge is 0.355 e. The van der Waals surface area contributed by atoms with Crippen LogP contribution in [-0.2, 0) is 6.54 Å². The Kier molecular flexibility index (Phi) is 4.71. The topological polar surface area (TPSA) is 79.3 Å². The molecule has 9 heteroatoms. The zero-order valence-electron chi connectivity index (χ0n) is 9.15. The lowest BCUT2D eigenvalue weighted by Gasteiger charge is -2.01. The van der Waals surface area contributed by atoms with Crippen LogP contribution in [0.25, 0.3) is 0 Å². The number of carbonyl (C=O) groups excluding carboxylic acids is 1. The average Bonchev–Trinajstić information content (AvgIpc) is 2.93. The van der Waals surface area contributed by atoms with E-state index in [1.165, 1.54) is 28.1 Å². The van der Waals surface area contributed by atoms with Gasteiger partial charge in [0.2, 0.25) is 0 Å². The number of aromatic nitrogens is 1. The van der Waals surface area contributed by atoms with Gasteiger partial charge in [-0.1, -0.05) is 0 Å². The van der Waals surface area contributed by atoms with Crippen molar-refractivity contribution in [2.45, 2.75) is 6.54 Å². The van der Waals surface area contributed by atoms with Crippen molar-refractivity contribution >= 4 is 66.4 Å². The summed E-state index contributed by atoms with van der Waals surface area (Å²) < 4.78 is 1.59. The molecule has 19 heavy (non-hydrogen) atoms. The Balaban J connectivity index is 2.00. The van der Waals surface area contributed by atoms with Gasteiger partial charge in [-0.05, 0) is 37.9 Å². The third-order valence-electron chi connectivity index (χ3n) is 2.07. The van der Waals surface area contributed by atoms with Gasteiger partial charge in [-0.15, -0.1) is 22.7 Å². The summed E-state index contributed by atoms with van der Waals surface area (Å²) in [4.78, 5) is 26.5. The molecule has 0 aliphatic carbocycles. The van der Waals surface area contributed by atoms with Gasteiger partial charge in [-0.3, -0.25) is 4.79 Å². The van der Waals surface area contributed by atoms with Gasteiger partial charge in [0, 0.05) is 5.38 Å². The third-order valence-corrected chi connectivity index (χ3v) is 5.26. The fourth-order valence-corrected chi connectivity index (χ4v) is 4.74. The number of nitrogens with zero attached hydrogens (tertiary/aromatic N) is 1. The van der Waals surface area contributed by atoms with Crippen molar-refractivity contribution in [1.29, 1.82) is 0 Å². The molecule has 0 aliphatic heterocycles. The van der Waals surface area contributed by atoms with Crippen LogP contribution in [0.1, 0.15) is 25.9 Å². The second kappa shape index (κ2) is 6.12. The average molecular weight is 426 g/mol. The molecule has 0 aromatic carbocycles. The minimum atomic E-state index is -1.07. The molecule has 2 heterocycles. The van der Waals surface area contributed by atoms with Crippen molar-refractivity contribution in [3.63, 3.8) is 0 Å². The molecule has 2 aromatic heterocycles. The number of halogens is 2. The summed E-state index contributed by atoms with van der Waals surface area (Å²) in [6, 6.07) is 1.72. The normalized spacial score (nSPS) is 10.4. The molecule has 2 N–H and O–H groups in total. The Morgan fingerprint density at radius 2 is 2.16 bits per heavy atom. The zero-order chi connectivity index (χ0) is 14.0. The Hall–Kier alpha value is -0.770. The van der Waals surface area contributed by atoms with E-state index in [0.717, 1.165) is 7.57 Å². The minimum Gasteiger partial charge on any atom is -0.476 e. The molecule has 0 radical (unpaired) electrons. The molecule has 100 valence electrons. The number of carboxylic acids is 1. The van der Waals surface area contributed by atoms with Crippen LogP contribution >= 0.6 is 54.5 Å². The fourth-order valence-electron chi connectivity index (χ4n) is 1.24. The van der Waals surface area contributed by atoms with Gasteiger partial charge >= 0.3 is 5.97 Å². The lowest BCUT2D eigenvalue weighted by Crippen LogP contribution is -2.22. The monoisotopic (exact) mass is 424 g/mol. The van der Waals surface area contributed by atoms with Gasteiger partial charge in [0.15, 0.2) is 5.69 Å². The fraction of sp³-hybridized carbons (Fsp3) is 0.100. The molecule has 1 amide bonds. The van der Waals surface area contributed by atoms with Gasteiger partial charge in [-0.25, -0.2) is 9.78 Å². The van der Waals surface area contributed by atoms with Gasteiger partial charge < -0.3 is 10.4 Å². The third kappa shape index (κ3) is 3.62. The van der Waals surface area contributed by atoms with Crippen LogP contribution in [-0.4, -0.2) is 22.0 Å². The van der Waals surface area contributed by atoms with Crippen molar-refractivity contribution in [2.75, 3.05) is 0 Å². The Morgan fingerprint density at radius 3 is 2.68 bits per heavy atom. The number of aromatic carboxylic acids is 1. The maximum absolute atomic E-state index is 11.9. The SMILES string of the molecule is O=C(O)c1csc(CNC(=O)c2cc(Br)sc2Br)n1. The summed E-state index contributed by atoms with van der Waals surface area (Å²) in [5.41, 5.74) is 0.528. The largest absolute Gasteiger partial charge is 0.476 e. The Morgan fingerprint density at radius 1 is 1.42 bits per heavy atom. The summed E-state index contributed by atoms with van der Waals surface area (Å²) >= 11 is 9.21. The number of hydrogen-bond donors (Lipinski definition) is 2. The van der Waals surface area contributed by atoms with Crippen molar-refractivity contribution in [3.8, 4) is 0 Å². The Labute approximate surface area is 132 Å². The van der Waals surface area contributed by atoms with E-state index in [9.17, 15) is 9.59 Å². The van der Waals surface area contributed by atoms with Gasteiger partial charge in [-0.2, -0.15) is 0 Å². The highest BCUT2D eigenvalue weighted by Gasteiger charge is 2.14. The van der Waals surface area contributed by atoms with Crippen molar-refractivity contribution in [1.82, 2.24) is 10.3 Å². The number of hydrogen-bond acceptors (Lipinski definition) is 5. The summed E-state index contributed by atoms with van der Waals surface area (Å²) in [6.07, 6.45) is 0. The highest BCUT2D eigenvalue weighted by molar-refractivity contribution is 9.12. The first-order valence-corrected chi connectivity index (χ1v) is 8.16. The highest BCUT2D eigenvalue weighted by atomic mass is 79.9. The summed E-state index contributed by atoms with van der Waals surface area (Å²) in [7, 11) is 0. The molecule has 2 rings (SSSR count). The predicted molar refractivity (Wildman–Crippen MR) is 80.0 cm³/mol. The maximum Gasteiger partial charge on any atom is 0.355 e. The number of amides is 1. The van der Waals surface area contributed by atoms with Crippen LogP contribution < -0.4 is 5.32 Å². The van der Waals surface area contributed by atoms with Crippen LogP contribution in [0.3, 0.4) is 0 Å². The highest BCUT2D eigenvalue weighted by Crippen LogP contribution is 2.31. The van der Waals surface area contributed by atoms with Crippen LogP contribution in [0, 0.1) is 0 Å². The van der Waals surface area contributed by atoms with Crippen molar-refractivity contribution < 1.29 is 14.7 Å². The second-order valence-electron chi connectivity index (χ2n) is 3.35. The summed E-state index contributed by atoms with van der Waals surface area (Å²) in [5.74, 6) is -1.31. The number of thiophene rings is 1. The number of nitrogens with one attached hydrogen (secondary N) is 1. The van der Waals surface area contributed by atoms with E-state index in [2.05, 4.69) is 42.2 Å².